The van der Waals surface area contributed by atoms with Crippen LogP contribution in [0.2, 0.25) is 0 Å². The minimum Gasteiger partial charge on any atom is -0.344 e. The molecule has 1 saturated heterocycles. The smallest absolute Gasteiger partial charge is 0.319 e. The number of amides is 2. The van der Waals surface area contributed by atoms with E-state index in [2.05, 4.69) is 29.8 Å². The van der Waals surface area contributed by atoms with Crippen molar-refractivity contribution in [1.82, 2.24) is 19.6 Å². The summed E-state index contributed by atoms with van der Waals surface area (Å²) in [6.07, 6.45) is 0.604. The van der Waals surface area contributed by atoms with E-state index in [1.165, 1.54) is 23.7 Å². The summed E-state index contributed by atoms with van der Waals surface area (Å²) in [6, 6.07) is 14.0. The maximum Gasteiger partial charge on any atom is 0.319 e. The Balaban J connectivity index is 1.17. The number of nitrogens with one attached hydrogen (secondary N) is 2. The van der Waals surface area contributed by atoms with Gasteiger partial charge < -0.3 is 15.5 Å². The zero-order valence-electron chi connectivity index (χ0n) is 18.1. The molecule has 4 rings (SSSR count). The molecule has 168 valence electrons. The quantitative estimate of drug-likeness (QED) is 0.572. The number of piperazine rings is 1. The molecule has 0 radical (unpaired) electrons. The van der Waals surface area contributed by atoms with E-state index in [1.807, 2.05) is 31.2 Å². The Morgan fingerprint density at radius 1 is 1.06 bits per heavy atom. The number of carbonyl (C=O) groups is 1. The largest absolute Gasteiger partial charge is 0.344 e. The van der Waals surface area contributed by atoms with Crippen LogP contribution in [-0.4, -0.2) is 59.6 Å². The standard InChI is InChI=1S/C23H27FN6OS/c1-17-2-8-20(9-3-17)26-22(31)25-10-11-29-12-14-30(15-13-29)23-27-21(28-32-23)16-18-4-6-19(24)7-5-18/h2-9H,10-16H2,1H3,(H2,25,26,31). The van der Waals surface area contributed by atoms with Gasteiger partial charge in [-0.15, -0.1) is 0 Å². The monoisotopic (exact) mass is 454 g/mol. The molecule has 2 aromatic carbocycles. The van der Waals surface area contributed by atoms with Gasteiger partial charge in [0.2, 0.25) is 5.13 Å². The van der Waals surface area contributed by atoms with Crippen molar-refractivity contribution in [3.63, 3.8) is 0 Å². The SMILES string of the molecule is Cc1ccc(NC(=O)NCCN2CCN(c3nc(Cc4ccc(F)cc4)ns3)CC2)cc1. The molecule has 32 heavy (non-hydrogen) atoms. The third kappa shape index (κ3) is 6.24. The molecule has 7 nitrogen and oxygen atoms in total. The lowest BCUT2D eigenvalue weighted by Gasteiger charge is -2.34. The van der Waals surface area contributed by atoms with Gasteiger partial charge in [-0.2, -0.15) is 4.37 Å². The van der Waals surface area contributed by atoms with Crippen LogP contribution in [0.25, 0.3) is 0 Å². The molecule has 0 bridgehead atoms. The number of rotatable bonds is 7. The summed E-state index contributed by atoms with van der Waals surface area (Å²) < 4.78 is 17.5. The van der Waals surface area contributed by atoms with Crippen molar-refractivity contribution in [2.75, 3.05) is 49.5 Å². The Hall–Kier alpha value is -3.04. The first-order chi connectivity index (χ1) is 15.5. The molecule has 2 amide bonds. The number of anilines is 2. The predicted molar refractivity (Wildman–Crippen MR) is 126 cm³/mol. The molecule has 1 fully saturated rings. The number of hydrogen-bond donors (Lipinski definition) is 2. The van der Waals surface area contributed by atoms with Gasteiger partial charge in [-0.05, 0) is 36.8 Å². The molecule has 1 aliphatic heterocycles. The summed E-state index contributed by atoms with van der Waals surface area (Å²) in [5, 5.41) is 6.69. The van der Waals surface area contributed by atoms with Crippen LogP contribution in [0, 0.1) is 12.7 Å². The third-order valence-electron chi connectivity index (χ3n) is 5.40. The maximum atomic E-state index is 13.1. The number of nitrogens with zero attached hydrogens (tertiary/aromatic N) is 4. The average Bonchev–Trinajstić information content (AvgIpc) is 3.26. The minimum absolute atomic E-state index is 0.185. The molecular weight excluding hydrogens is 427 g/mol. The number of halogens is 1. The molecule has 2 N–H and O–H groups in total. The van der Waals surface area contributed by atoms with E-state index in [-0.39, 0.29) is 11.8 Å². The third-order valence-corrected chi connectivity index (χ3v) is 6.21. The second-order valence-electron chi connectivity index (χ2n) is 7.87. The summed E-state index contributed by atoms with van der Waals surface area (Å²) in [5.41, 5.74) is 2.95. The van der Waals surface area contributed by atoms with Gasteiger partial charge in [0.05, 0.1) is 0 Å². The summed E-state index contributed by atoms with van der Waals surface area (Å²) in [6.45, 7) is 6.99. The Morgan fingerprint density at radius 3 is 2.50 bits per heavy atom. The highest BCUT2D eigenvalue weighted by molar-refractivity contribution is 7.09. The molecule has 0 atom stereocenters. The molecule has 2 heterocycles. The fourth-order valence-electron chi connectivity index (χ4n) is 3.53. The van der Waals surface area contributed by atoms with Crippen molar-refractivity contribution >= 4 is 28.4 Å². The van der Waals surface area contributed by atoms with Crippen LogP contribution in [-0.2, 0) is 6.42 Å². The van der Waals surface area contributed by atoms with Crippen LogP contribution in [0.5, 0.6) is 0 Å². The normalized spacial score (nSPS) is 14.4. The van der Waals surface area contributed by atoms with Gasteiger partial charge in [-0.1, -0.05) is 29.8 Å². The summed E-state index contributed by atoms with van der Waals surface area (Å²) in [4.78, 5) is 21.3. The molecule has 1 aliphatic rings. The number of aryl methyl sites for hydroxylation is 1. The second kappa shape index (κ2) is 10.5. The topological polar surface area (TPSA) is 73.4 Å². The van der Waals surface area contributed by atoms with Crippen molar-refractivity contribution < 1.29 is 9.18 Å². The van der Waals surface area contributed by atoms with Crippen molar-refractivity contribution in [3.8, 4) is 0 Å². The summed E-state index contributed by atoms with van der Waals surface area (Å²) >= 11 is 1.41. The Bertz CT molecular complexity index is 1020. The van der Waals surface area contributed by atoms with Crippen LogP contribution in [0.4, 0.5) is 20.0 Å². The molecule has 0 saturated carbocycles. The van der Waals surface area contributed by atoms with Crippen LogP contribution >= 0.6 is 11.5 Å². The van der Waals surface area contributed by atoms with Crippen LogP contribution in [0.15, 0.2) is 48.5 Å². The zero-order chi connectivity index (χ0) is 22.3. The lowest BCUT2D eigenvalue weighted by atomic mass is 10.1. The van der Waals surface area contributed by atoms with Crippen LogP contribution in [0.1, 0.15) is 17.0 Å². The Morgan fingerprint density at radius 2 is 1.78 bits per heavy atom. The molecule has 0 spiro atoms. The van der Waals surface area contributed by atoms with E-state index in [4.69, 9.17) is 0 Å². The number of aromatic nitrogens is 2. The van der Waals surface area contributed by atoms with Crippen molar-refractivity contribution in [2.24, 2.45) is 0 Å². The number of hydrogen-bond acceptors (Lipinski definition) is 6. The highest BCUT2D eigenvalue weighted by Gasteiger charge is 2.20. The van der Waals surface area contributed by atoms with Crippen molar-refractivity contribution in [2.45, 2.75) is 13.3 Å². The molecule has 0 unspecified atom stereocenters. The average molecular weight is 455 g/mol. The first kappa shape index (κ1) is 22.2. The number of urea groups is 1. The number of benzene rings is 2. The van der Waals surface area contributed by atoms with Gasteiger partial charge in [0.25, 0.3) is 0 Å². The molecule has 9 heteroatoms. The minimum atomic E-state index is -0.236. The number of carbonyl (C=O) groups excluding carboxylic acids is 1. The van der Waals surface area contributed by atoms with Gasteiger partial charge in [0.15, 0.2) is 0 Å². The van der Waals surface area contributed by atoms with Crippen molar-refractivity contribution in [1.29, 1.82) is 0 Å². The summed E-state index contributed by atoms with van der Waals surface area (Å²) in [7, 11) is 0. The molecule has 3 aromatic rings. The van der Waals surface area contributed by atoms with E-state index in [0.29, 0.717) is 13.0 Å². The first-order valence-electron chi connectivity index (χ1n) is 10.7. The van der Waals surface area contributed by atoms with Crippen molar-refractivity contribution in [3.05, 3.63) is 71.3 Å². The van der Waals surface area contributed by atoms with Crippen LogP contribution in [0.3, 0.4) is 0 Å². The van der Waals surface area contributed by atoms with E-state index in [1.54, 1.807) is 12.1 Å². The van der Waals surface area contributed by atoms with E-state index in [9.17, 15) is 9.18 Å². The predicted octanol–water partition coefficient (Wildman–Crippen LogP) is 3.52. The Labute approximate surface area is 191 Å². The molecule has 1 aromatic heterocycles. The van der Waals surface area contributed by atoms with Gasteiger partial charge >= 0.3 is 6.03 Å². The lowest BCUT2D eigenvalue weighted by Crippen LogP contribution is -2.48. The summed E-state index contributed by atoms with van der Waals surface area (Å²) in [5.74, 6) is 0.531. The van der Waals surface area contributed by atoms with Gasteiger partial charge in [0.1, 0.15) is 11.6 Å². The fraction of sp³-hybridized carbons (Fsp3) is 0.348. The van der Waals surface area contributed by atoms with Gasteiger partial charge in [-0.3, -0.25) is 4.90 Å². The second-order valence-corrected chi connectivity index (χ2v) is 8.60. The fourth-order valence-corrected chi connectivity index (χ4v) is 4.27. The maximum absolute atomic E-state index is 13.1. The lowest BCUT2D eigenvalue weighted by molar-refractivity contribution is 0.240. The van der Waals surface area contributed by atoms with E-state index < -0.39 is 0 Å². The highest BCUT2D eigenvalue weighted by atomic mass is 32.1. The Kier molecular flexibility index (Phi) is 7.28. The highest BCUT2D eigenvalue weighted by Crippen LogP contribution is 2.20. The van der Waals surface area contributed by atoms with Gasteiger partial charge in [-0.25, -0.2) is 14.2 Å². The molecular formula is C23H27FN6OS. The van der Waals surface area contributed by atoms with E-state index >= 15 is 0 Å². The molecule has 0 aliphatic carbocycles. The first-order valence-corrected chi connectivity index (χ1v) is 11.5. The van der Waals surface area contributed by atoms with Crippen LogP contribution < -0.4 is 15.5 Å². The van der Waals surface area contributed by atoms with Gasteiger partial charge in [0, 0.05) is 62.9 Å². The zero-order valence-corrected chi connectivity index (χ0v) is 18.9. The van der Waals surface area contributed by atoms with E-state index in [0.717, 1.165) is 60.5 Å².